The van der Waals surface area contributed by atoms with Gasteiger partial charge in [-0.1, -0.05) is 32.9 Å². The van der Waals surface area contributed by atoms with Crippen LogP contribution in [0.3, 0.4) is 0 Å². The van der Waals surface area contributed by atoms with Crippen molar-refractivity contribution in [3.8, 4) is 0 Å². The van der Waals surface area contributed by atoms with E-state index in [9.17, 15) is 0 Å². The molecule has 0 aromatic rings. The third-order valence-corrected chi connectivity index (χ3v) is 1.67. The first-order valence-corrected chi connectivity index (χ1v) is 4.63. The fraction of sp³-hybridized carbons (Fsp3) is 0.583. The lowest BCUT2D eigenvalue weighted by Gasteiger charge is -2.18. The Morgan fingerprint density at radius 3 is 1.92 bits per heavy atom. The summed E-state index contributed by atoms with van der Waals surface area (Å²) in [6.07, 6.45) is 2.07. The van der Waals surface area contributed by atoms with Gasteiger partial charge in [-0.05, 0) is 26.8 Å². The fourth-order valence-electron chi connectivity index (χ4n) is 0.831. The highest BCUT2D eigenvalue weighted by atomic mass is 14.8. The summed E-state index contributed by atoms with van der Waals surface area (Å²) < 4.78 is 0. The molecule has 0 heterocycles. The van der Waals surface area contributed by atoms with Gasteiger partial charge in [-0.2, -0.15) is 0 Å². The molecule has 1 heteroatoms. The van der Waals surface area contributed by atoms with Gasteiger partial charge in [0.2, 0.25) is 0 Å². The monoisotopic (exact) mass is 179 g/mol. The topological polar surface area (TPSA) is 12.4 Å². The van der Waals surface area contributed by atoms with Gasteiger partial charge in [0.15, 0.2) is 0 Å². The van der Waals surface area contributed by atoms with Gasteiger partial charge in [0.1, 0.15) is 0 Å². The first-order valence-electron chi connectivity index (χ1n) is 4.63. The maximum atomic E-state index is 4.43. The number of hydrogen-bond acceptors (Lipinski definition) is 1. The van der Waals surface area contributed by atoms with E-state index in [0.717, 1.165) is 11.4 Å². The molecule has 0 saturated heterocycles. The Morgan fingerprint density at radius 1 is 1.15 bits per heavy atom. The number of rotatable bonds is 2. The molecule has 0 rings (SSSR count). The van der Waals surface area contributed by atoms with Gasteiger partial charge in [-0.15, -0.1) is 0 Å². The molecule has 74 valence electrons. The van der Waals surface area contributed by atoms with E-state index in [4.69, 9.17) is 0 Å². The van der Waals surface area contributed by atoms with Crippen molar-refractivity contribution >= 4 is 5.71 Å². The van der Waals surface area contributed by atoms with Crippen LogP contribution in [0.15, 0.2) is 28.9 Å². The van der Waals surface area contributed by atoms with Crippen LogP contribution in [-0.2, 0) is 0 Å². The smallest absolute Gasteiger partial charge is 0.0388 e. The molecule has 13 heavy (non-hydrogen) atoms. The van der Waals surface area contributed by atoms with Crippen molar-refractivity contribution in [3.05, 3.63) is 23.9 Å². The van der Waals surface area contributed by atoms with E-state index in [0.29, 0.717) is 0 Å². The molecular weight excluding hydrogens is 158 g/mol. The van der Waals surface area contributed by atoms with Crippen molar-refractivity contribution in [2.24, 2.45) is 10.4 Å². The second-order valence-electron chi connectivity index (χ2n) is 4.67. The number of hydrogen-bond donors (Lipinski definition) is 0. The Morgan fingerprint density at radius 2 is 1.62 bits per heavy atom. The lowest BCUT2D eigenvalue weighted by Crippen LogP contribution is -2.07. The summed E-state index contributed by atoms with van der Waals surface area (Å²) in [4.78, 5) is 4.43. The Hall–Kier alpha value is -0.850. The van der Waals surface area contributed by atoms with Gasteiger partial charge in [-0.25, -0.2) is 0 Å². The molecule has 0 aromatic carbocycles. The highest BCUT2D eigenvalue weighted by Crippen LogP contribution is 2.24. The summed E-state index contributed by atoms with van der Waals surface area (Å²) in [6.45, 7) is 16.5. The van der Waals surface area contributed by atoms with Crippen LogP contribution in [-0.4, -0.2) is 5.71 Å². The molecule has 0 N–H and O–H groups in total. The molecule has 0 bridgehead atoms. The maximum Gasteiger partial charge on any atom is 0.0388 e. The van der Waals surface area contributed by atoms with E-state index in [1.807, 2.05) is 6.92 Å². The first-order chi connectivity index (χ1) is 5.73. The zero-order valence-corrected chi connectivity index (χ0v) is 9.73. The zero-order valence-electron chi connectivity index (χ0n) is 9.73. The van der Waals surface area contributed by atoms with Crippen LogP contribution in [0.25, 0.3) is 0 Å². The van der Waals surface area contributed by atoms with E-state index in [-0.39, 0.29) is 5.41 Å². The average molecular weight is 179 g/mol. The summed E-state index contributed by atoms with van der Waals surface area (Å²) in [5.74, 6) is 0. The predicted molar refractivity (Wildman–Crippen MR) is 61.1 cm³/mol. The van der Waals surface area contributed by atoms with Gasteiger partial charge < -0.3 is 0 Å². The quantitative estimate of drug-likeness (QED) is 0.569. The van der Waals surface area contributed by atoms with E-state index in [1.54, 1.807) is 0 Å². The summed E-state index contributed by atoms with van der Waals surface area (Å²) in [5, 5.41) is 0. The highest BCUT2D eigenvalue weighted by molar-refractivity contribution is 5.94. The van der Waals surface area contributed by atoms with Gasteiger partial charge >= 0.3 is 0 Å². The van der Waals surface area contributed by atoms with E-state index >= 15 is 0 Å². The molecule has 0 aliphatic rings. The van der Waals surface area contributed by atoms with Crippen molar-refractivity contribution in [2.45, 2.75) is 41.5 Å². The standard InChI is InChI=1S/C12H21N/c1-9(2)8-10(3)13-11(4)12(5,6)7/h8H,4H2,1-3,5-7H3. The van der Waals surface area contributed by atoms with Gasteiger partial charge in [0.05, 0.1) is 0 Å². The molecule has 0 aliphatic carbocycles. The minimum Gasteiger partial charge on any atom is -0.258 e. The van der Waals surface area contributed by atoms with Crippen LogP contribution in [0.4, 0.5) is 0 Å². The van der Waals surface area contributed by atoms with Crippen molar-refractivity contribution in [1.82, 2.24) is 0 Å². The molecule has 0 aromatic heterocycles. The minimum absolute atomic E-state index is 0.0662. The summed E-state index contributed by atoms with van der Waals surface area (Å²) in [6, 6.07) is 0. The average Bonchev–Trinajstić information content (AvgIpc) is 1.82. The molecule has 0 aliphatic heterocycles. The van der Waals surface area contributed by atoms with Crippen LogP contribution < -0.4 is 0 Å². The van der Waals surface area contributed by atoms with Crippen LogP contribution in [0.1, 0.15) is 41.5 Å². The number of nitrogens with zero attached hydrogens (tertiary/aromatic N) is 1. The molecule has 0 atom stereocenters. The molecule has 0 spiro atoms. The Balaban J connectivity index is 4.60. The Labute approximate surface area is 82.3 Å². The van der Waals surface area contributed by atoms with Crippen LogP contribution >= 0.6 is 0 Å². The van der Waals surface area contributed by atoms with Crippen molar-refractivity contribution in [3.63, 3.8) is 0 Å². The molecule has 1 nitrogen and oxygen atoms in total. The second-order valence-corrected chi connectivity index (χ2v) is 4.67. The lowest BCUT2D eigenvalue weighted by molar-refractivity contribution is 0.500. The predicted octanol–water partition coefficient (Wildman–Crippen LogP) is 3.97. The van der Waals surface area contributed by atoms with Gasteiger partial charge in [0.25, 0.3) is 0 Å². The van der Waals surface area contributed by atoms with E-state index in [2.05, 4.69) is 52.3 Å². The third kappa shape index (κ3) is 5.40. The normalized spacial score (nSPS) is 12.6. The second kappa shape index (κ2) is 4.40. The van der Waals surface area contributed by atoms with Crippen LogP contribution in [0.5, 0.6) is 0 Å². The van der Waals surface area contributed by atoms with Crippen LogP contribution in [0.2, 0.25) is 0 Å². The summed E-state index contributed by atoms with van der Waals surface area (Å²) in [7, 11) is 0. The van der Waals surface area contributed by atoms with Crippen LogP contribution in [0, 0.1) is 5.41 Å². The number of allylic oxidation sites excluding steroid dienone is 3. The van der Waals surface area contributed by atoms with Gasteiger partial charge in [0, 0.05) is 16.8 Å². The Bertz CT molecular complexity index is 245. The SMILES string of the molecule is C=C(N=C(C)C=C(C)C)C(C)(C)C. The first kappa shape index (κ1) is 12.2. The molecule has 0 unspecified atom stereocenters. The van der Waals surface area contributed by atoms with E-state index < -0.39 is 0 Å². The molecule has 0 amide bonds. The van der Waals surface area contributed by atoms with Crippen molar-refractivity contribution in [1.29, 1.82) is 0 Å². The molecular formula is C12H21N. The molecule has 0 fully saturated rings. The molecule has 0 saturated carbocycles. The highest BCUT2D eigenvalue weighted by Gasteiger charge is 2.13. The lowest BCUT2D eigenvalue weighted by atomic mass is 9.93. The molecule has 0 radical (unpaired) electrons. The van der Waals surface area contributed by atoms with Crippen molar-refractivity contribution < 1.29 is 0 Å². The van der Waals surface area contributed by atoms with Gasteiger partial charge in [-0.3, -0.25) is 4.99 Å². The van der Waals surface area contributed by atoms with Crippen molar-refractivity contribution in [2.75, 3.05) is 0 Å². The largest absolute Gasteiger partial charge is 0.258 e. The summed E-state index contributed by atoms with van der Waals surface area (Å²) in [5.41, 5.74) is 3.29. The number of aliphatic imine (C=N–C) groups is 1. The Kier molecular flexibility index (Phi) is 4.12. The third-order valence-electron chi connectivity index (χ3n) is 1.67. The summed E-state index contributed by atoms with van der Waals surface area (Å²) >= 11 is 0. The minimum atomic E-state index is 0.0662. The zero-order chi connectivity index (χ0) is 10.6. The van der Waals surface area contributed by atoms with E-state index in [1.165, 1.54) is 5.57 Å². The fourth-order valence-corrected chi connectivity index (χ4v) is 0.831. The maximum absolute atomic E-state index is 4.43.